The molecular weight excluding hydrogens is 322 g/mol. The van der Waals surface area contributed by atoms with Crippen LogP contribution in [0, 0.1) is 11.3 Å². The number of nitrogens with two attached hydrogens (primary N) is 1. The molecule has 2 aromatic rings. The molecule has 1 atom stereocenters. The molecule has 2 aromatic carbocycles. The van der Waals surface area contributed by atoms with E-state index in [-0.39, 0.29) is 11.5 Å². The SMILES string of the molecule is CC(C)Cc1ccc(-c2ccc3c(c2)CCC(C)(C)[C@H]3OC(N)=O)cc1. The lowest BCUT2D eigenvalue weighted by atomic mass is 9.71. The highest BCUT2D eigenvalue weighted by Gasteiger charge is 2.38. The maximum Gasteiger partial charge on any atom is 0.405 e. The topological polar surface area (TPSA) is 52.3 Å². The molecule has 26 heavy (non-hydrogen) atoms. The van der Waals surface area contributed by atoms with Crippen molar-refractivity contribution < 1.29 is 9.53 Å². The molecule has 2 N–H and O–H groups in total. The van der Waals surface area contributed by atoms with Crippen LogP contribution in [-0.4, -0.2) is 6.09 Å². The monoisotopic (exact) mass is 351 g/mol. The van der Waals surface area contributed by atoms with Crippen molar-refractivity contribution in [2.45, 2.75) is 53.1 Å². The lowest BCUT2D eigenvalue weighted by molar-refractivity contribution is 0.0147. The molecule has 0 saturated carbocycles. The summed E-state index contributed by atoms with van der Waals surface area (Å²) in [5.41, 5.74) is 11.3. The molecule has 3 nitrogen and oxygen atoms in total. The van der Waals surface area contributed by atoms with Crippen LogP contribution in [0.1, 0.15) is 56.9 Å². The molecule has 0 heterocycles. The highest BCUT2D eigenvalue weighted by Crippen LogP contribution is 2.46. The molecule has 0 aromatic heterocycles. The Morgan fingerprint density at radius 2 is 1.81 bits per heavy atom. The molecule has 0 aliphatic heterocycles. The molecule has 1 aliphatic carbocycles. The zero-order chi connectivity index (χ0) is 18.9. The van der Waals surface area contributed by atoms with Gasteiger partial charge in [0.25, 0.3) is 0 Å². The van der Waals surface area contributed by atoms with E-state index in [0.717, 1.165) is 24.8 Å². The average Bonchev–Trinajstić information content (AvgIpc) is 2.57. The highest BCUT2D eigenvalue weighted by molar-refractivity contribution is 5.67. The number of amides is 1. The van der Waals surface area contributed by atoms with Crippen molar-refractivity contribution in [2.24, 2.45) is 17.1 Å². The Morgan fingerprint density at radius 3 is 2.42 bits per heavy atom. The van der Waals surface area contributed by atoms with Crippen molar-refractivity contribution in [1.29, 1.82) is 0 Å². The molecule has 1 amide bonds. The van der Waals surface area contributed by atoms with Crippen molar-refractivity contribution in [3.05, 3.63) is 59.2 Å². The fraction of sp³-hybridized carbons (Fsp3) is 0.435. The summed E-state index contributed by atoms with van der Waals surface area (Å²) in [4.78, 5) is 11.4. The molecule has 0 unspecified atom stereocenters. The molecule has 138 valence electrons. The van der Waals surface area contributed by atoms with E-state index >= 15 is 0 Å². The number of rotatable bonds is 4. The minimum atomic E-state index is -0.708. The van der Waals surface area contributed by atoms with E-state index in [1.807, 2.05) is 0 Å². The molecule has 0 spiro atoms. The van der Waals surface area contributed by atoms with Gasteiger partial charge < -0.3 is 10.5 Å². The van der Waals surface area contributed by atoms with Gasteiger partial charge in [0.05, 0.1) is 0 Å². The fourth-order valence-corrected chi connectivity index (χ4v) is 3.91. The van der Waals surface area contributed by atoms with E-state index < -0.39 is 6.09 Å². The summed E-state index contributed by atoms with van der Waals surface area (Å²) < 4.78 is 5.47. The van der Waals surface area contributed by atoms with Gasteiger partial charge in [0.2, 0.25) is 0 Å². The van der Waals surface area contributed by atoms with Crippen LogP contribution in [0.25, 0.3) is 11.1 Å². The van der Waals surface area contributed by atoms with Gasteiger partial charge in [0, 0.05) is 5.41 Å². The minimum Gasteiger partial charge on any atom is -0.441 e. The summed E-state index contributed by atoms with van der Waals surface area (Å²) in [6.45, 7) is 8.74. The average molecular weight is 351 g/mol. The Labute approximate surface area is 156 Å². The van der Waals surface area contributed by atoms with Crippen LogP contribution < -0.4 is 5.73 Å². The third-order valence-electron chi connectivity index (χ3n) is 5.34. The van der Waals surface area contributed by atoms with E-state index in [9.17, 15) is 4.79 Å². The first-order valence-electron chi connectivity index (χ1n) is 9.44. The number of carbonyl (C=O) groups excluding carboxylic acids is 1. The van der Waals surface area contributed by atoms with E-state index in [0.29, 0.717) is 5.92 Å². The molecule has 3 rings (SSSR count). The third kappa shape index (κ3) is 3.92. The maximum absolute atomic E-state index is 11.4. The number of hydrogen-bond acceptors (Lipinski definition) is 2. The number of fused-ring (bicyclic) bond motifs is 1. The van der Waals surface area contributed by atoms with Gasteiger partial charge in [0.1, 0.15) is 6.10 Å². The van der Waals surface area contributed by atoms with Crippen LogP contribution >= 0.6 is 0 Å². The number of hydrogen-bond donors (Lipinski definition) is 1. The second-order valence-corrected chi connectivity index (χ2v) is 8.51. The van der Waals surface area contributed by atoms with Gasteiger partial charge in [0.15, 0.2) is 0 Å². The zero-order valence-corrected chi connectivity index (χ0v) is 16.2. The van der Waals surface area contributed by atoms with Crippen LogP contribution in [0.5, 0.6) is 0 Å². The van der Waals surface area contributed by atoms with Gasteiger partial charge in [-0.25, -0.2) is 4.79 Å². The van der Waals surface area contributed by atoms with Crippen molar-refractivity contribution in [1.82, 2.24) is 0 Å². The molecule has 0 saturated heterocycles. The van der Waals surface area contributed by atoms with Gasteiger partial charge in [-0.2, -0.15) is 0 Å². The van der Waals surface area contributed by atoms with Crippen LogP contribution in [-0.2, 0) is 17.6 Å². The van der Waals surface area contributed by atoms with Crippen LogP contribution in [0.15, 0.2) is 42.5 Å². The fourth-order valence-electron chi connectivity index (χ4n) is 3.91. The van der Waals surface area contributed by atoms with Gasteiger partial charge in [-0.3, -0.25) is 0 Å². The first kappa shape index (κ1) is 18.5. The molecule has 0 bridgehead atoms. The second-order valence-electron chi connectivity index (χ2n) is 8.51. The minimum absolute atomic E-state index is 0.109. The Hall–Kier alpha value is -2.29. The summed E-state index contributed by atoms with van der Waals surface area (Å²) in [5.74, 6) is 0.662. The molecule has 0 radical (unpaired) electrons. The van der Waals surface area contributed by atoms with E-state index in [1.54, 1.807) is 0 Å². The first-order valence-corrected chi connectivity index (χ1v) is 9.44. The zero-order valence-electron chi connectivity index (χ0n) is 16.2. The number of benzene rings is 2. The third-order valence-corrected chi connectivity index (χ3v) is 5.34. The molecule has 0 fully saturated rings. The van der Waals surface area contributed by atoms with Crippen molar-refractivity contribution in [2.75, 3.05) is 0 Å². The molecular formula is C23H29NO2. The predicted molar refractivity (Wildman–Crippen MR) is 106 cm³/mol. The molecule has 3 heteroatoms. The van der Waals surface area contributed by atoms with Gasteiger partial charge >= 0.3 is 6.09 Å². The number of primary amides is 1. The predicted octanol–water partition coefficient (Wildman–Crippen LogP) is 5.66. The van der Waals surface area contributed by atoms with Crippen molar-refractivity contribution in [3.8, 4) is 11.1 Å². The first-order chi connectivity index (χ1) is 12.3. The van der Waals surface area contributed by atoms with Crippen LogP contribution in [0.3, 0.4) is 0 Å². The van der Waals surface area contributed by atoms with Gasteiger partial charge in [-0.05, 0) is 53.0 Å². The summed E-state index contributed by atoms with van der Waals surface area (Å²) in [7, 11) is 0. The van der Waals surface area contributed by atoms with Crippen molar-refractivity contribution in [3.63, 3.8) is 0 Å². The molecule has 1 aliphatic rings. The number of ether oxygens (including phenoxy) is 1. The lowest BCUT2D eigenvalue weighted by Gasteiger charge is -2.39. The smallest absolute Gasteiger partial charge is 0.405 e. The summed E-state index contributed by atoms with van der Waals surface area (Å²) >= 11 is 0. The summed E-state index contributed by atoms with van der Waals surface area (Å²) in [6, 6.07) is 15.3. The normalized spacial score (nSPS) is 18.4. The second kappa shape index (κ2) is 7.14. The van der Waals surface area contributed by atoms with E-state index in [4.69, 9.17) is 10.5 Å². The van der Waals surface area contributed by atoms with Gasteiger partial charge in [-0.15, -0.1) is 0 Å². The standard InChI is InChI=1S/C23H29NO2/c1-15(2)13-16-5-7-17(8-6-16)18-9-10-20-19(14-18)11-12-23(3,4)21(20)26-22(24)25/h5-10,14-15,21H,11-13H2,1-4H3,(H2,24,25)/t21-/m0/s1. The maximum atomic E-state index is 11.4. The Kier molecular flexibility index (Phi) is 5.08. The number of carbonyl (C=O) groups is 1. The quantitative estimate of drug-likeness (QED) is 0.772. The lowest BCUT2D eigenvalue weighted by Crippen LogP contribution is -2.33. The highest BCUT2D eigenvalue weighted by atomic mass is 16.6. The Bertz CT molecular complexity index is 790. The Balaban J connectivity index is 1.90. The van der Waals surface area contributed by atoms with Crippen molar-refractivity contribution >= 4 is 6.09 Å². The van der Waals surface area contributed by atoms with Gasteiger partial charge in [-0.1, -0.05) is 70.2 Å². The van der Waals surface area contributed by atoms with E-state index in [1.165, 1.54) is 22.3 Å². The number of aryl methyl sites for hydroxylation is 1. The summed E-state index contributed by atoms with van der Waals surface area (Å²) in [5, 5.41) is 0. The largest absolute Gasteiger partial charge is 0.441 e. The van der Waals surface area contributed by atoms with Crippen LogP contribution in [0.2, 0.25) is 0 Å². The van der Waals surface area contributed by atoms with E-state index in [2.05, 4.69) is 70.2 Å². The van der Waals surface area contributed by atoms with Crippen LogP contribution in [0.4, 0.5) is 4.79 Å². The Morgan fingerprint density at radius 1 is 1.15 bits per heavy atom. The summed E-state index contributed by atoms with van der Waals surface area (Å²) in [6.07, 6.45) is 2.06.